The molecule has 0 saturated heterocycles. The minimum Gasteiger partial charge on any atom is -0.492 e. The Morgan fingerprint density at radius 3 is 2.55 bits per heavy atom. The van der Waals surface area contributed by atoms with Crippen LogP contribution in [-0.4, -0.2) is 6.61 Å². The van der Waals surface area contributed by atoms with Crippen LogP contribution in [-0.2, 0) is 6.42 Å². The summed E-state index contributed by atoms with van der Waals surface area (Å²) >= 11 is 0. The molecule has 2 aromatic rings. The van der Waals surface area contributed by atoms with E-state index >= 15 is 0 Å². The molecule has 20 heavy (non-hydrogen) atoms. The van der Waals surface area contributed by atoms with E-state index in [1.54, 1.807) is 0 Å². The first kappa shape index (κ1) is 13.2. The van der Waals surface area contributed by atoms with Gasteiger partial charge in [0, 0.05) is 5.92 Å². The van der Waals surface area contributed by atoms with Crippen LogP contribution in [0.3, 0.4) is 0 Å². The van der Waals surface area contributed by atoms with Crippen molar-refractivity contribution in [3.8, 4) is 5.75 Å². The Morgan fingerprint density at radius 2 is 1.75 bits per heavy atom. The maximum Gasteiger partial charge on any atom is 0.125 e. The maximum atomic E-state index is 6.16. The van der Waals surface area contributed by atoms with Gasteiger partial charge in [0.05, 0.1) is 6.61 Å². The zero-order valence-corrected chi connectivity index (χ0v) is 12.4. The normalized spacial score (nSPS) is 17.6. The van der Waals surface area contributed by atoms with E-state index in [0.717, 1.165) is 12.4 Å². The standard InChI is InChI=1S/C19H22O/c1-14-7-5-8-15(2)19(14)20-13-17-11-6-10-16-9-3-4-12-18(16)17/h3-5,7-9,12,17H,6,10-11,13H2,1-2H3. The van der Waals surface area contributed by atoms with Gasteiger partial charge < -0.3 is 4.74 Å². The molecule has 2 aromatic carbocycles. The quantitative estimate of drug-likeness (QED) is 0.775. The smallest absolute Gasteiger partial charge is 0.125 e. The molecule has 0 spiro atoms. The van der Waals surface area contributed by atoms with Gasteiger partial charge in [-0.15, -0.1) is 0 Å². The predicted molar refractivity (Wildman–Crippen MR) is 83.5 cm³/mol. The topological polar surface area (TPSA) is 9.23 Å². The zero-order chi connectivity index (χ0) is 13.9. The van der Waals surface area contributed by atoms with E-state index in [-0.39, 0.29) is 0 Å². The molecule has 104 valence electrons. The average Bonchev–Trinajstić information content (AvgIpc) is 2.47. The molecule has 0 aromatic heterocycles. The molecular formula is C19H22O. The van der Waals surface area contributed by atoms with Crippen LogP contribution in [0.5, 0.6) is 5.75 Å². The summed E-state index contributed by atoms with van der Waals surface area (Å²) in [6.07, 6.45) is 3.73. The Hall–Kier alpha value is -1.76. The lowest BCUT2D eigenvalue weighted by atomic mass is 9.83. The molecule has 0 radical (unpaired) electrons. The van der Waals surface area contributed by atoms with E-state index in [2.05, 4.69) is 56.3 Å². The van der Waals surface area contributed by atoms with Crippen LogP contribution < -0.4 is 4.74 Å². The van der Waals surface area contributed by atoms with Gasteiger partial charge in [0.1, 0.15) is 5.75 Å². The molecule has 0 bridgehead atoms. The molecule has 1 nitrogen and oxygen atoms in total. The van der Waals surface area contributed by atoms with E-state index < -0.39 is 0 Å². The third-order valence-electron chi connectivity index (χ3n) is 4.33. The largest absolute Gasteiger partial charge is 0.492 e. The van der Waals surface area contributed by atoms with E-state index in [0.29, 0.717) is 5.92 Å². The van der Waals surface area contributed by atoms with Gasteiger partial charge in [-0.25, -0.2) is 0 Å². The van der Waals surface area contributed by atoms with Crippen molar-refractivity contribution in [2.75, 3.05) is 6.61 Å². The fraction of sp³-hybridized carbons (Fsp3) is 0.368. The predicted octanol–water partition coefficient (Wildman–Crippen LogP) is 4.80. The van der Waals surface area contributed by atoms with Crippen molar-refractivity contribution in [1.29, 1.82) is 0 Å². The van der Waals surface area contributed by atoms with Gasteiger partial charge in [-0.1, -0.05) is 42.5 Å². The summed E-state index contributed by atoms with van der Waals surface area (Å²) in [4.78, 5) is 0. The molecular weight excluding hydrogens is 244 g/mol. The van der Waals surface area contributed by atoms with Gasteiger partial charge in [-0.05, 0) is 55.4 Å². The minimum atomic E-state index is 0.541. The van der Waals surface area contributed by atoms with Gasteiger partial charge in [-0.2, -0.15) is 0 Å². The number of hydrogen-bond donors (Lipinski definition) is 0. The second kappa shape index (κ2) is 5.70. The van der Waals surface area contributed by atoms with E-state index in [1.165, 1.54) is 41.5 Å². The Balaban J connectivity index is 1.77. The summed E-state index contributed by atoms with van der Waals surface area (Å²) in [6, 6.07) is 15.2. The van der Waals surface area contributed by atoms with Crippen LogP contribution in [0.4, 0.5) is 0 Å². The number of ether oxygens (including phenoxy) is 1. The minimum absolute atomic E-state index is 0.541. The van der Waals surface area contributed by atoms with Gasteiger partial charge >= 0.3 is 0 Å². The van der Waals surface area contributed by atoms with Crippen molar-refractivity contribution in [3.05, 3.63) is 64.7 Å². The molecule has 1 aliphatic rings. The summed E-state index contributed by atoms with van der Waals surface area (Å²) in [5.41, 5.74) is 5.46. The van der Waals surface area contributed by atoms with Crippen molar-refractivity contribution >= 4 is 0 Å². The molecule has 0 aliphatic heterocycles. The van der Waals surface area contributed by atoms with E-state index in [4.69, 9.17) is 4.74 Å². The summed E-state index contributed by atoms with van der Waals surface area (Å²) in [6.45, 7) is 5.04. The molecule has 0 saturated carbocycles. The van der Waals surface area contributed by atoms with Gasteiger partial charge in [0.2, 0.25) is 0 Å². The number of fused-ring (bicyclic) bond motifs is 1. The lowest BCUT2D eigenvalue weighted by Crippen LogP contribution is -2.17. The first-order chi connectivity index (χ1) is 9.75. The Bertz CT molecular complexity index is 580. The van der Waals surface area contributed by atoms with Crippen LogP contribution >= 0.6 is 0 Å². The summed E-state index contributed by atoms with van der Waals surface area (Å²) in [5.74, 6) is 1.61. The number of benzene rings is 2. The van der Waals surface area contributed by atoms with Crippen LogP contribution in [0.15, 0.2) is 42.5 Å². The Labute approximate surface area is 121 Å². The number of hydrogen-bond acceptors (Lipinski definition) is 1. The molecule has 0 N–H and O–H groups in total. The zero-order valence-electron chi connectivity index (χ0n) is 12.4. The molecule has 1 aliphatic carbocycles. The molecule has 1 heteroatoms. The maximum absolute atomic E-state index is 6.16. The molecule has 3 rings (SSSR count). The van der Waals surface area contributed by atoms with Crippen molar-refractivity contribution in [2.45, 2.75) is 39.0 Å². The third-order valence-corrected chi connectivity index (χ3v) is 4.33. The summed E-state index contributed by atoms with van der Waals surface area (Å²) < 4.78 is 6.16. The van der Waals surface area contributed by atoms with Crippen molar-refractivity contribution < 1.29 is 4.74 Å². The molecule has 1 atom stereocenters. The van der Waals surface area contributed by atoms with Crippen LogP contribution in [0.1, 0.15) is 41.0 Å². The molecule has 1 unspecified atom stereocenters. The third kappa shape index (κ3) is 2.58. The Kier molecular flexibility index (Phi) is 3.77. The van der Waals surface area contributed by atoms with Gasteiger partial charge in [-0.3, -0.25) is 0 Å². The van der Waals surface area contributed by atoms with Crippen molar-refractivity contribution in [1.82, 2.24) is 0 Å². The molecule has 0 amide bonds. The lowest BCUT2D eigenvalue weighted by molar-refractivity contribution is 0.271. The Morgan fingerprint density at radius 1 is 1.00 bits per heavy atom. The highest BCUT2D eigenvalue weighted by Gasteiger charge is 2.20. The number of rotatable bonds is 3. The number of aryl methyl sites for hydroxylation is 3. The van der Waals surface area contributed by atoms with E-state index in [1.807, 2.05) is 0 Å². The summed E-state index contributed by atoms with van der Waals surface area (Å²) in [5, 5.41) is 0. The van der Waals surface area contributed by atoms with E-state index in [9.17, 15) is 0 Å². The first-order valence-electron chi connectivity index (χ1n) is 7.52. The van der Waals surface area contributed by atoms with Crippen LogP contribution in [0, 0.1) is 13.8 Å². The van der Waals surface area contributed by atoms with Crippen molar-refractivity contribution in [2.24, 2.45) is 0 Å². The fourth-order valence-electron chi connectivity index (χ4n) is 3.24. The SMILES string of the molecule is Cc1cccc(C)c1OCC1CCCc2ccccc21. The highest BCUT2D eigenvalue weighted by atomic mass is 16.5. The van der Waals surface area contributed by atoms with Crippen LogP contribution in [0.25, 0.3) is 0 Å². The first-order valence-corrected chi connectivity index (χ1v) is 7.52. The lowest BCUT2D eigenvalue weighted by Gasteiger charge is -2.26. The van der Waals surface area contributed by atoms with Crippen LogP contribution in [0.2, 0.25) is 0 Å². The van der Waals surface area contributed by atoms with Gasteiger partial charge in [0.15, 0.2) is 0 Å². The molecule has 0 heterocycles. The van der Waals surface area contributed by atoms with Gasteiger partial charge in [0.25, 0.3) is 0 Å². The number of para-hydroxylation sites is 1. The highest BCUT2D eigenvalue weighted by molar-refractivity contribution is 5.40. The second-order valence-corrected chi connectivity index (χ2v) is 5.82. The average molecular weight is 266 g/mol. The summed E-state index contributed by atoms with van der Waals surface area (Å²) in [7, 11) is 0. The molecule has 0 fully saturated rings. The van der Waals surface area contributed by atoms with Crippen molar-refractivity contribution in [3.63, 3.8) is 0 Å². The second-order valence-electron chi connectivity index (χ2n) is 5.82. The fourth-order valence-corrected chi connectivity index (χ4v) is 3.24. The highest BCUT2D eigenvalue weighted by Crippen LogP contribution is 2.33. The monoisotopic (exact) mass is 266 g/mol.